The van der Waals surface area contributed by atoms with E-state index >= 15 is 0 Å². The molecule has 0 unspecified atom stereocenters. The predicted molar refractivity (Wildman–Crippen MR) is 212 cm³/mol. The zero-order chi connectivity index (χ0) is 34.9. The summed E-state index contributed by atoms with van der Waals surface area (Å²) in [5, 5.41) is 13.7. The Morgan fingerprint density at radius 2 is 0.769 bits per heavy atom. The van der Waals surface area contributed by atoms with E-state index in [0.29, 0.717) is 23.0 Å². The molecule has 242 valence electrons. The fourth-order valence-electron chi connectivity index (χ4n) is 6.87. The molecule has 0 saturated carbocycles. The molecule has 0 fully saturated rings. The molecule has 8 aromatic carbocycles. The van der Waals surface area contributed by atoms with E-state index in [0.717, 1.165) is 71.6 Å². The highest BCUT2D eigenvalue weighted by molar-refractivity contribution is 6.04. The van der Waals surface area contributed by atoms with Crippen molar-refractivity contribution in [3.63, 3.8) is 0 Å². The van der Waals surface area contributed by atoms with Gasteiger partial charge in [-0.15, -0.1) is 0 Å². The molecule has 1 heterocycles. The summed E-state index contributed by atoms with van der Waals surface area (Å²) in [7, 11) is 0. The number of benzene rings is 8. The van der Waals surface area contributed by atoms with Gasteiger partial charge in [0.1, 0.15) is 0 Å². The van der Waals surface area contributed by atoms with Crippen LogP contribution in [0.1, 0.15) is 5.56 Å². The summed E-state index contributed by atoms with van der Waals surface area (Å²) < 4.78 is 0. The Balaban J connectivity index is 1.04. The maximum Gasteiger partial charge on any atom is 0.164 e. The predicted octanol–water partition coefficient (Wildman–Crippen LogP) is 12.1. The number of hydrogen-bond acceptors (Lipinski definition) is 4. The molecule has 9 rings (SSSR count). The van der Waals surface area contributed by atoms with Crippen LogP contribution < -0.4 is 0 Å². The van der Waals surface area contributed by atoms with E-state index in [-0.39, 0.29) is 0 Å². The lowest BCUT2D eigenvalue weighted by Crippen LogP contribution is -2.00. The minimum absolute atomic E-state index is 0.645. The maximum absolute atomic E-state index is 9.23. The Kier molecular flexibility index (Phi) is 7.85. The van der Waals surface area contributed by atoms with Crippen LogP contribution in [0.2, 0.25) is 0 Å². The molecule has 0 spiro atoms. The molecule has 0 saturated heterocycles. The third kappa shape index (κ3) is 5.87. The molecule has 0 radical (unpaired) electrons. The summed E-state index contributed by atoms with van der Waals surface area (Å²) in [6.45, 7) is 0. The van der Waals surface area contributed by atoms with Crippen molar-refractivity contribution < 1.29 is 0 Å². The van der Waals surface area contributed by atoms with Gasteiger partial charge in [0.25, 0.3) is 0 Å². The van der Waals surface area contributed by atoms with Gasteiger partial charge in [-0.1, -0.05) is 158 Å². The largest absolute Gasteiger partial charge is 0.208 e. The minimum Gasteiger partial charge on any atom is -0.208 e. The van der Waals surface area contributed by atoms with Gasteiger partial charge in [-0.2, -0.15) is 5.26 Å². The summed E-state index contributed by atoms with van der Waals surface area (Å²) in [6, 6.07) is 64.9. The topological polar surface area (TPSA) is 62.5 Å². The van der Waals surface area contributed by atoms with Crippen LogP contribution in [0.3, 0.4) is 0 Å². The molecule has 0 amide bonds. The van der Waals surface area contributed by atoms with Crippen LogP contribution in [0.25, 0.3) is 89.1 Å². The molecule has 4 nitrogen and oxygen atoms in total. The quantitative estimate of drug-likeness (QED) is 0.178. The van der Waals surface area contributed by atoms with Crippen LogP contribution in [-0.4, -0.2) is 15.0 Å². The summed E-state index contributed by atoms with van der Waals surface area (Å²) >= 11 is 0. The average molecular weight is 663 g/mol. The second kappa shape index (κ2) is 13.2. The van der Waals surface area contributed by atoms with Crippen molar-refractivity contribution in [1.29, 1.82) is 5.26 Å². The van der Waals surface area contributed by atoms with Crippen molar-refractivity contribution in [3.8, 4) is 73.6 Å². The van der Waals surface area contributed by atoms with Crippen molar-refractivity contribution in [3.05, 3.63) is 188 Å². The fourth-order valence-corrected chi connectivity index (χ4v) is 6.87. The highest BCUT2D eigenvalue weighted by Crippen LogP contribution is 2.37. The SMILES string of the molecule is N#Cc1ccc2cc(-c3ccc(-c4ccc(-c5ccc(-c6nc(-c7ccccc7)nc(-c7ccccc7)n6)c6ccccc56)cc4)cc3)ccc2c1. The Bertz CT molecular complexity index is 2710. The summed E-state index contributed by atoms with van der Waals surface area (Å²) in [5.74, 6) is 1.94. The molecule has 0 aliphatic heterocycles. The van der Waals surface area contributed by atoms with Gasteiger partial charge in [0, 0.05) is 16.7 Å². The molecule has 0 bridgehead atoms. The monoisotopic (exact) mass is 662 g/mol. The number of fused-ring (bicyclic) bond motifs is 2. The number of nitrogens with zero attached hydrogens (tertiary/aromatic N) is 4. The fraction of sp³-hybridized carbons (Fsp3) is 0. The summed E-state index contributed by atoms with van der Waals surface area (Å²) in [5.41, 5.74) is 10.5. The van der Waals surface area contributed by atoms with Gasteiger partial charge in [-0.25, -0.2) is 15.0 Å². The molecule has 0 aliphatic rings. The van der Waals surface area contributed by atoms with Crippen molar-refractivity contribution in [2.45, 2.75) is 0 Å². The molecule has 0 atom stereocenters. The number of rotatable bonds is 6. The van der Waals surface area contributed by atoms with Gasteiger partial charge in [-0.05, 0) is 79.2 Å². The molecule has 0 aliphatic carbocycles. The lowest BCUT2D eigenvalue weighted by atomic mass is 9.93. The van der Waals surface area contributed by atoms with E-state index in [1.54, 1.807) is 0 Å². The highest BCUT2D eigenvalue weighted by Gasteiger charge is 2.16. The second-order valence-corrected chi connectivity index (χ2v) is 12.8. The van der Waals surface area contributed by atoms with Crippen LogP contribution in [-0.2, 0) is 0 Å². The first-order valence-corrected chi connectivity index (χ1v) is 17.2. The summed E-state index contributed by atoms with van der Waals surface area (Å²) in [6.07, 6.45) is 0. The van der Waals surface area contributed by atoms with Crippen molar-refractivity contribution in [2.75, 3.05) is 0 Å². The van der Waals surface area contributed by atoms with Crippen molar-refractivity contribution in [2.24, 2.45) is 0 Å². The minimum atomic E-state index is 0.645. The first-order valence-electron chi connectivity index (χ1n) is 17.2. The Labute approximate surface area is 302 Å². The van der Waals surface area contributed by atoms with E-state index in [2.05, 4.69) is 109 Å². The van der Waals surface area contributed by atoms with E-state index in [9.17, 15) is 5.26 Å². The average Bonchev–Trinajstić information content (AvgIpc) is 3.23. The molecule has 1 aromatic heterocycles. The van der Waals surface area contributed by atoms with Crippen LogP contribution in [0.15, 0.2) is 182 Å². The lowest BCUT2D eigenvalue weighted by molar-refractivity contribution is 1.08. The smallest absolute Gasteiger partial charge is 0.164 e. The lowest BCUT2D eigenvalue weighted by Gasteiger charge is -2.13. The Morgan fingerprint density at radius 1 is 0.327 bits per heavy atom. The first kappa shape index (κ1) is 30.8. The van der Waals surface area contributed by atoms with E-state index in [1.165, 1.54) is 0 Å². The van der Waals surface area contributed by atoms with Crippen molar-refractivity contribution >= 4 is 21.5 Å². The van der Waals surface area contributed by atoms with Gasteiger partial charge >= 0.3 is 0 Å². The molecule has 9 aromatic rings. The van der Waals surface area contributed by atoms with Crippen molar-refractivity contribution in [1.82, 2.24) is 15.0 Å². The second-order valence-electron chi connectivity index (χ2n) is 12.8. The Morgan fingerprint density at radius 3 is 1.37 bits per heavy atom. The molecular formula is C48H30N4. The zero-order valence-electron chi connectivity index (χ0n) is 28.1. The van der Waals surface area contributed by atoms with Gasteiger partial charge in [-0.3, -0.25) is 0 Å². The van der Waals surface area contributed by atoms with Gasteiger partial charge in [0.2, 0.25) is 0 Å². The number of aromatic nitrogens is 3. The van der Waals surface area contributed by atoms with Gasteiger partial charge < -0.3 is 0 Å². The first-order chi connectivity index (χ1) is 25.7. The maximum atomic E-state index is 9.23. The number of nitriles is 1. The molecule has 52 heavy (non-hydrogen) atoms. The van der Waals surface area contributed by atoms with E-state index in [4.69, 9.17) is 15.0 Å². The normalized spacial score (nSPS) is 11.1. The van der Waals surface area contributed by atoms with Crippen LogP contribution in [0.5, 0.6) is 0 Å². The zero-order valence-corrected chi connectivity index (χ0v) is 28.1. The highest BCUT2D eigenvalue weighted by atomic mass is 15.0. The third-order valence-corrected chi connectivity index (χ3v) is 9.58. The number of hydrogen-bond donors (Lipinski definition) is 0. The molecule has 0 N–H and O–H groups in total. The van der Waals surface area contributed by atoms with E-state index < -0.39 is 0 Å². The van der Waals surface area contributed by atoms with Crippen LogP contribution >= 0.6 is 0 Å². The van der Waals surface area contributed by atoms with E-state index in [1.807, 2.05) is 78.9 Å². The molecular weight excluding hydrogens is 633 g/mol. The standard InChI is InChI=1S/C48H30N4/c49-31-32-15-16-41-30-40(26-25-39(41)29-32)35-19-17-33(18-20-35)34-21-23-36(24-22-34)42-27-28-45(44-14-8-7-13-43(42)44)48-51-46(37-9-3-1-4-10-37)50-47(52-48)38-11-5-2-6-12-38/h1-30H. The van der Waals surface area contributed by atoms with Gasteiger partial charge in [0.05, 0.1) is 11.6 Å². The van der Waals surface area contributed by atoms with Gasteiger partial charge in [0.15, 0.2) is 17.5 Å². The Hall–Kier alpha value is -7.22. The third-order valence-electron chi connectivity index (χ3n) is 9.58. The molecule has 4 heteroatoms. The summed E-state index contributed by atoms with van der Waals surface area (Å²) in [4.78, 5) is 14.9. The van der Waals surface area contributed by atoms with Crippen LogP contribution in [0, 0.1) is 11.3 Å². The van der Waals surface area contributed by atoms with Crippen LogP contribution in [0.4, 0.5) is 0 Å².